The van der Waals surface area contributed by atoms with Gasteiger partial charge in [-0.1, -0.05) is 0 Å². The lowest BCUT2D eigenvalue weighted by atomic mass is 10.2. The Labute approximate surface area is 114 Å². The molecule has 0 heterocycles. The molecule has 0 aromatic heterocycles. The lowest BCUT2D eigenvalue weighted by Gasteiger charge is -2.13. The van der Waals surface area contributed by atoms with Crippen LogP contribution in [0.25, 0.3) is 0 Å². The number of aromatic carboxylic acids is 1. The molecule has 110 valence electrons. The van der Waals surface area contributed by atoms with Crippen molar-refractivity contribution in [3.05, 3.63) is 29.6 Å². The average molecular weight is 305 g/mol. The number of carbonyl (C=O) groups is 2. The lowest BCUT2D eigenvalue weighted by molar-refractivity contribution is -0.139. The number of sulfonamides is 1. The van der Waals surface area contributed by atoms with E-state index in [1.54, 1.807) is 0 Å². The Morgan fingerprint density at radius 2 is 2.00 bits per heavy atom. The van der Waals surface area contributed by atoms with Gasteiger partial charge >= 0.3 is 11.9 Å². The summed E-state index contributed by atoms with van der Waals surface area (Å²) in [6.07, 6.45) is 0. The molecule has 0 fully saturated rings. The molecule has 20 heavy (non-hydrogen) atoms. The van der Waals surface area contributed by atoms with Gasteiger partial charge in [-0.2, -0.15) is 0 Å². The number of esters is 1. The topological polar surface area (TPSA) is 110 Å². The van der Waals surface area contributed by atoms with Crippen LogP contribution in [0.5, 0.6) is 0 Å². The fourth-order valence-corrected chi connectivity index (χ4v) is 2.28. The zero-order valence-corrected chi connectivity index (χ0v) is 11.4. The van der Waals surface area contributed by atoms with Crippen LogP contribution in [0.2, 0.25) is 0 Å². The third-order valence-electron chi connectivity index (χ3n) is 2.46. The molecule has 1 rings (SSSR count). The van der Waals surface area contributed by atoms with Crippen molar-refractivity contribution < 1.29 is 32.2 Å². The minimum absolute atomic E-state index is 0.191. The van der Waals surface area contributed by atoms with Crippen LogP contribution >= 0.6 is 0 Å². The summed E-state index contributed by atoms with van der Waals surface area (Å²) in [6, 6.07) is 2.71. The number of carboxylic acid groups (broad SMARTS) is 1. The minimum Gasteiger partial charge on any atom is -0.478 e. The molecule has 0 saturated heterocycles. The number of halogens is 1. The van der Waals surface area contributed by atoms with E-state index in [2.05, 4.69) is 4.74 Å². The summed E-state index contributed by atoms with van der Waals surface area (Å²) in [7, 11) is -3.08. The van der Waals surface area contributed by atoms with Crippen molar-refractivity contribution >= 4 is 27.6 Å². The van der Waals surface area contributed by atoms with E-state index < -0.39 is 38.6 Å². The van der Waals surface area contributed by atoms with Crippen molar-refractivity contribution in [3.8, 4) is 0 Å². The zero-order chi connectivity index (χ0) is 15.5. The highest BCUT2D eigenvalue weighted by molar-refractivity contribution is 7.94. The van der Waals surface area contributed by atoms with Gasteiger partial charge in [0.25, 0.3) is 0 Å². The number of nitrogens with one attached hydrogen (secondary N) is 1. The van der Waals surface area contributed by atoms with Gasteiger partial charge in [0.05, 0.1) is 18.4 Å². The number of ether oxygens (including phenoxy) is 1. The van der Waals surface area contributed by atoms with Crippen molar-refractivity contribution in [3.63, 3.8) is 0 Å². The number of carbonyl (C=O) groups excluding carboxylic acids is 1. The fourth-order valence-electron chi connectivity index (χ4n) is 1.30. The smallest absolute Gasteiger partial charge is 0.338 e. The van der Waals surface area contributed by atoms with Crippen molar-refractivity contribution in [1.82, 2.24) is 0 Å². The van der Waals surface area contributed by atoms with E-state index in [9.17, 15) is 22.4 Å². The average Bonchev–Trinajstić information content (AvgIpc) is 2.36. The van der Waals surface area contributed by atoms with Crippen molar-refractivity contribution in [2.45, 2.75) is 12.2 Å². The van der Waals surface area contributed by atoms with E-state index in [1.807, 2.05) is 4.72 Å². The molecule has 0 radical (unpaired) electrons. The van der Waals surface area contributed by atoms with E-state index in [0.29, 0.717) is 6.07 Å². The van der Waals surface area contributed by atoms with E-state index in [0.717, 1.165) is 26.2 Å². The molecule has 1 aromatic rings. The van der Waals surface area contributed by atoms with Gasteiger partial charge in [-0.15, -0.1) is 0 Å². The Morgan fingerprint density at radius 3 is 2.45 bits per heavy atom. The van der Waals surface area contributed by atoms with E-state index >= 15 is 0 Å². The van der Waals surface area contributed by atoms with Gasteiger partial charge in [-0.3, -0.25) is 9.52 Å². The number of hydrogen-bond acceptors (Lipinski definition) is 5. The molecular weight excluding hydrogens is 293 g/mol. The molecule has 7 nitrogen and oxygen atoms in total. The second-order valence-corrected chi connectivity index (χ2v) is 5.81. The van der Waals surface area contributed by atoms with Crippen LogP contribution in [0.4, 0.5) is 10.1 Å². The molecular formula is C11H12FNO6S. The number of anilines is 1. The second kappa shape index (κ2) is 5.87. The number of rotatable bonds is 5. The molecule has 0 aliphatic rings. The van der Waals surface area contributed by atoms with Crippen molar-refractivity contribution in [2.75, 3.05) is 11.8 Å². The van der Waals surface area contributed by atoms with Crippen LogP contribution in [0, 0.1) is 5.82 Å². The van der Waals surface area contributed by atoms with Crippen LogP contribution in [0.15, 0.2) is 18.2 Å². The first-order chi connectivity index (χ1) is 9.19. The summed E-state index contributed by atoms with van der Waals surface area (Å²) in [5.41, 5.74) is -0.780. The Hall–Kier alpha value is -2.16. The normalized spacial score (nSPS) is 12.6. The standard InChI is InChI=1S/C11H12FNO6S/c1-6(11(16)19-2)20(17,18)13-7-3-4-8(10(14)15)9(12)5-7/h3-6,13H,1-2H3,(H,14,15). The maximum atomic E-state index is 13.4. The van der Waals surface area contributed by atoms with E-state index in [1.165, 1.54) is 0 Å². The summed E-state index contributed by atoms with van der Waals surface area (Å²) in [4.78, 5) is 21.8. The SMILES string of the molecule is COC(=O)C(C)S(=O)(=O)Nc1ccc(C(=O)O)c(F)c1. The summed E-state index contributed by atoms with van der Waals surface area (Å²) >= 11 is 0. The molecule has 9 heteroatoms. The zero-order valence-electron chi connectivity index (χ0n) is 10.6. The Morgan fingerprint density at radius 1 is 1.40 bits per heavy atom. The molecule has 0 bridgehead atoms. The molecule has 1 unspecified atom stereocenters. The van der Waals surface area contributed by atoms with Crippen LogP contribution in [-0.2, 0) is 19.6 Å². The molecule has 0 aliphatic heterocycles. The third-order valence-corrected chi connectivity index (χ3v) is 4.10. The molecule has 2 N–H and O–H groups in total. The number of carboxylic acids is 1. The first-order valence-corrected chi connectivity index (χ1v) is 6.86. The Kier molecular flexibility index (Phi) is 4.66. The molecule has 0 aliphatic carbocycles. The van der Waals surface area contributed by atoms with Gasteiger partial charge in [-0.05, 0) is 25.1 Å². The van der Waals surface area contributed by atoms with E-state index in [-0.39, 0.29) is 5.69 Å². The largest absolute Gasteiger partial charge is 0.478 e. The second-order valence-electron chi connectivity index (χ2n) is 3.81. The predicted molar refractivity (Wildman–Crippen MR) is 67.4 cm³/mol. The molecule has 0 saturated carbocycles. The maximum Gasteiger partial charge on any atom is 0.338 e. The highest BCUT2D eigenvalue weighted by Gasteiger charge is 2.29. The summed E-state index contributed by atoms with van der Waals surface area (Å²) in [5.74, 6) is -3.54. The van der Waals surface area contributed by atoms with Gasteiger partial charge in [0.1, 0.15) is 5.82 Å². The summed E-state index contributed by atoms with van der Waals surface area (Å²) < 4.78 is 43.2. The van der Waals surface area contributed by atoms with Crippen LogP contribution < -0.4 is 4.72 Å². The van der Waals surface area contributed by atoms with Crippen molar-refractivity contribution in [2.24, 2.45) is 0 Å². The van der Waals surface area contributed by atoms with Crippen LogP contribution in [0.3, 0.4) is 0 Å². The molecule has 1 atom stereocenters. The van der Waals surface area contributed by atoms with Crippen LogP contribution in [-0.4, -0.2) is 37.8 Å². The van der Waals surface area contributed by atoms with Crippen molar-refractivity contribution in [1.29, 1.82) is 0 Å². The highest BCUT2D eigenvalue weighted by Crippen LogP contribution is 2.17. The Balaban J connectivity index is 3.02. The third kappa shape index (κ3) is 3.44. The number of methoxy groups -OCH3 is 1. The predicted octanol–water partition coefficient (Wildman–Crippen LogP) is 0.827. The quantitative estimate of drug-likeness (QED) is 0.780. The maximum absolute atomic E-state index is 13.4. The van der Waals surface area contributed by atoms with Gasteiger partial charge in [-0.25, -0.2) is 17.6 Å². The minimum atomic E-state index is -4.11. The molecule has 1 aromatic carbocycles. The monoisotopic (exact) mass is 305 g/mol. The lowest BCUT2D eigenvalue weighted by Crippen LogP contribution is -2.33. The number of hydrogen-bond donors (Lipinski definition) is 2. The summed E-state index contributed by atoms with van der Waals surface area (Å²) in [6.45, 7) is 1.11. The van der Waals surface area contributed by atoms with Gasteiger partial charge in [0.2, 0.25) is 10.0 Å². The van der Waals surface area contributed by atoms with Gasteiger partial charge < -0.3 is 9.84 Å². The van der Waals surface area contributed by atoms with E-state index in [4.69, 9.17) is 5.11 Å². The Bertz CT molecular complexity index is 642. The highest BCUT2D eigenvalue weighted by atomic mass is 32.2. The summed E-state index contributed by atoms with van der Waals surface area (Å²) in [5, 5.41) is 7.15. The van der Waals surface area contributed by atoms with Gasteiger partial charge in [0.15, 0.2) is 5.25 Å². The first kappa shape index (κ1) is 15.9. The first-order valence-electron chi connectivity index (χ1n) is 5.31. The van der Waals surface area contributed by atoms with Gasteiger partial charge in [0, 0.05) is 0 Å². The van der Waals surface area contributed by atoms with Crippen LogP contribution in [0.1, 0.15) is 17.3 Å². The molecule has 0 spiro atoms. The number of benzene rings is 1. The fraction of sp³-hybridized carbons (Fsp3) is 0.273. The molecule has 0 amide bonds.